The number of aliphatic carboxylic acids is 1. The van der Waals surface area contributed by atoms with Crippen molar-refractivity contribution in [2.24, 2.45) is 28.5 Å². The van der Waals surface area contributed by atoms with Gasteiger partial charge in [0.1, 0.15) is 11.5 Å². The number of amides is 1. The number of nitrogens with two attached hydrogens (primary N) is 1. The summed E-state index contributed by atoms with van der Waals surface area (Å²) < 4.78 is 0. The SMILES string of the molecule is CN=C(N)[C@@H]1CN(CC2=C(C(=O)O)N3C(=O)C([C@@H](C)O)[C@H]3[C@H]2C)C[C@H]1O. The van der Waals surface area contributed by atoms with Crippen LogP contribution in [0.25, 0.3) is 0 Å². The monoisotopic (exact) mass is 366 g/mol. The largest absolute Gasteiger partial charge is 0.477 e. The molecule has 0 aromatic rings. The Bertz CT molecular complexity index is 689. The van der Waals surface area contributed by atoms with Crippen LogP contribution in [-0.2, 0) is 9.59 Å². The quantitative estimate of drug-likeness (QED) is 0.263. The predicted octanol–water partition coefficient (Wildman–Crippen LogP) is -1.54. The van der Waals surface area contributed by atoms with Crippen LogP contribution in [0.3, 0.4) is 0 Å². The summed E-state index contributed by atoms with van der Waals surface area (Å²) in [5, 5.41) is 29.7. The molecule has 2 fully saturated rings. The highest BCUT2D eigenvalue weighted by Crippen LogP contribution is 2.47. The maximum atomic E-state index is 12.3. The molecule has 0 spiro atoms. The Hall–Kier alpha value is -1.97. The minimum atomic E-state index is -1.14. The van der Waals surface area contributed by atoms with E-state index in [2.05, 4.69) is 4.99 Å². The van der Waals surface area contributed by atoms with Gasteiger partial charge in [-0.2, -0.15) is 0 Å². The van der Waals surface area contributed by atoms with E-state index in [0.29, 0.717) is 31.0 Å². The Morgan fingerprint density at radius 3 is 2.62 bits per heavy atom. The molecule has 144 valence electrons. The molecule has 0 saturated carbocycles. The molecule has 6 atom stereocenters. The number of aliphatic hydroxyl groups is 2. The zero-order valence-electron chi connectivity index (χ0n) is 15.2. The third-order valence-corrected chi connectivity index (χ3v) is 5.91. The number of fused-ring (bicyclic) bond motifs is 1. The van der Waals surface area contributed by atoms with Crippen LogP contribution >= 0.6 is 0 Å². The highest BCUT2D eigenvalue weighted by Gasteiger charge is 2.59. The number of rotatable bonds is 5. The van der Waals surface area contributed by atoms with Gasteiger partial charge in [0.25, 0.3) is 0 Å². The molecular formula is C17H26N4O5. The molecule has 0 aromatic carbocycles. The van der Waals surface area contributed by atoms with Gasteiger partial charge in [-0.3, -0.25) is 14.7 Å². The Labute approximate surface area is 151 Å². The third-order valence-electron chi connectivity index (χ3n) is 5.91. The molecule has 2 saturated heterocycles. The number of β-amino-alcohol motifs (C(OH)–C–C–N with tert-alkyl or cyclic N) is 1. The van der Waals surface area contributed by atoms with Crippen LogP contribution in [0.15, 0.2) is 16.3 Å². The number of carboxylic acid groups (broad SMARTS) is 1. The van der Waals surface area contributed by atoms with E-state index in [1.165, 1.54) is 4.90 Å². The Morgan fingerprint density at radius 2 is 2.08 bits per heavy atom. The number of amidine groups is 1. The first-order chi connectivity index (χ1) is 12.2. The molecule has 0 aliphatic carbocycles. The Balaban J connectivity index is 1.83. The fourth-order valence-corrected chi connectivity index (χ4v) is 4.55. The zero-order valence-corrected chi connectivity index (χ0v) is 15.2. The summed E-state index contributed by atoms with van der Waals surface area (Å²) >= 11 is 0. The molecule has 3 rings (SSSR count). The average molecular weight is 366 g/mol. The van der Waals surface area contributed by atoms with Gasteiger partial charge in [0, 0.05) is 32.6 Å². The number of aliphatic imine (C=N–C) groups is 1. The summed E-state index contributed by atoms with van der Waals surface area (Å²) in [6.07, 6.45) is -1.48. The van der Waals surface area contributed by atoms with Crippen molar-refractivity contribution in [2.45, 2.75) is 32.1 Å². The number of nitrogens with zero attached hydrogens (tertiary/aromatic N) is 3. The molecule has 9 heteroatoms. The molecule has 26 heavy (non-hydrogen) atoms. The number of carbonyl (C=O) groups is 2. The molecule has 0 aromatic heterocycles. The lowest BCUT2D eigenvalue weighted by Crippen LogP contribution is -2.63. The van der Waals surface area contributed by atoms with Crippen LogP contribution in [0.2, 0.25) is 0 Å². The van der Waals surface area contributed by atoms with Crippen LogP contribution in [0.5, 0.6) is 0 Å². The molecule has 1 amide bonds. The van der Waals surface area contributed by atoms with Crippen molar-refractivity contribution in [3.63, 3.8) is 0 Å². The molecule has 9 nitrogen and oxygen atoms in total. The number of carboxylic acids is 1. The first kappa shape index (κ1) is 18.8. The average Bonchev–Trinajstić information content (AvgIpc) is 3.04. The van der Waals surface area contributed by atoms with Gasteiger partial charge < -0.3 is 26.0 Å². The summed E-state index contributed by atoms with van der Waals surface area (Å²) in [4.78, 5) is 31.3. The number of likely N-dealkylation sites (tertiary alicyclic amines) is 1. The van der Waals surface area contributed by atoms with Gasteiger partial charge >= 0.3 is 5.97 Å². The number of aliphatic hydroxyl groups excluding tert-OH is 2. The normalized spacial score (nSPS) is 36.3. The van der Waals surface area contributed by atoms with E-state index in [1.54, 1.807) is 14.0 Å². The van der Waals surface area contributed by atoms with Crippen LogP contribution in [-0.4, -0.2) is 87.8 Å². The number of hydrogen-bond acceptors (Lipinski definition) is 6. The van der Waals surface area contributed by atoms with Gasteiger partial charge in [-0.05, 0) is 12.5 Å². The highest BCUT2D eigenvalue weighted by atomic mass is 16.4. The van der Waals surface area contributed by atoms with Crippen LogP contribution in [0, 0.1) is 17.8 Å². The fraction of sp³-hybridized carbons (Fsp3) is 0.706. The summed E-state index contributed by atoms with van der Waals surface area (Å²) in [6.45, 7) is 4.62. The van der Waals surface area contributed by atoms with Crippen molar-refractivity contribution < 1.29 is 24.9 Å². The second-order valence-electron chi connectivity index (χ2n) is 7.45. The van der Waals surface area contributed by atoms with Crippen molar-refractivity contribution >= 4 is 17.7 Å². The summed E-state index contributed by atoms with van der Waals surface area (Å²) in [6, 6.07) is -0.325. The van der Waals surface area contributed by atoms with Gasteiger partial charge in [0.05, 0.1) is 30.1 Å². The van der Waals surface area contributed by atoms with Crippen LogP contribution in [0.1, 0.15) is 13.8 Å². The van der Waals surface area contributed by atoms with Gasteiger partial charge in [-0.15, -0.1) is 0 Å². The van der Waals surface area contributed by atoms with Crippen molar-refractivity contribution in [1.29, 1.82) is 0 Å². The number of hydrogen-bond donors (Lipinski definition) is 4. The van der Waals surface area contributed by atoms with Gasteiger partial charge in [0.15, 0.2) is 0 Å². The smallest absolute Gasteiger partial charge is 0.352 e. The van der Waals surface area contributed by atoms with E-state index in [1.807, 2.05) is 11.8 Å². The first-order valence-corrected chi connectivity index (χ1v) is 8.79. The van der Waals surface area contributed by atoms with E-state index < -0.39 is 24.1 Å². The highest BCUT2D eigenvalue weighted by molar-refractivity contribution is 6.00. The van der Waals surface area contributed by atoms with E-state index in [9.17, 15) is 24.9 Å². The first-order valence-electron chi connectivity index (χ1n) is 8.79. The van der Waals surface area contributed by atoms with Gasteiger partial charge in [-0.25, -0.2) is 4.79 Å². The van der Waals surface area contributed by atoms with Crippen LogP contribution in [0.4, 0.5) is 0 Å². The zero-order chi connectivity index (χ0) is 19.3. The minimum absolute atomic E-state index is 0.0134. The third kappa shape index (κ3) is 2.70. The lowest BCUT2D eigenvalue weighted by Gasteiger charge is -2.46. The van der Waals surface area contributed by atoms with Gasteiger partial charge in [0.2, 0.25) is 5.91 Å². The molecule has 3 aliphatic rings. The lowest BCUT2D eigenvalue weighted by atomic mass is 9.77. The minimum Gasteiger partial charge on any atom is -0.477 e. The molecule has 3 heterocycles. The lowest BCUT2D eigenvalue weighted by molar-refractivity contribution is -0.163. The standard InChI is InChI=1S/C17H26N4O5/c1-7-9(4-20-5-10(11(23)6-20)15(18)19-3)14(17(25)26)21-13(7)12(8(2)22)16(21)24/h7-8,10-13,22-23H,4-6H2,1-3H3,(H2,18,19)(H,25,26)/t7-,8+,10+,11+,12?,13+/m0/s1. The summed E-state index contributed by atoms with van der Waals surface area (Å²) in [5.41, 5.74) is 6.51. The van der Waals surface area contributed by atoms with Crippen molar-refractivity contribution in [3.8, 4) is 0 Å². The van der Waals surface area contributed by atoms with Crippen LogP contribution < -0.4 is 5.73 Å². The number of carbonyl (C=O) groups excluding carboxylic acids is 1. The molecule has 0 radical (unpaired) electrons. The van der Waals surface area contributed by atoms with Crippen molar-refractivity contribution in [3.05, 3.63) is 11.3 Å². The second kappa shape index (κ2) is 6.64. The van der Waals surface area contributed by atoms with E-state index >= 15 is 0 Å². The van der Waals surface area contributed by atoms with E-state index in [-0.39, 0.29) is 29.5 Å². The predicted molar refractivity (Wildman–Crippen MR) is 93.1 cm³/mol. The molecule has 3 aliphatic heterocycles. The summed E-state index contributed by atoms with van der Waals surface area (Å²) in [5.74, 6) is -2.14. The second-order valence-corrected chi connectivity index (χ2v) is 7.45. The summed E-state index contributed by atoms with van der Waals surface area (Å²) in [7, 11) is 1.57. The van der Waals surface area contributed by atoms with E-state index in [4.69, 9.17) is 5.73 Å². The molecule has 1 unspecified atom stereocenters. The van der Waals surface area contributed by atoms with Crippen molar-refractivity contribution in [2.75, 3.05) is 26.7 Å². The molecule has 5 N–H and O–H groups in total. The Kier molecular flexibility index (Phi) is 4.80. The number of β-lactam (4-membered cyclic amide) rings is 1. The fourth-order valence-electron chi connectivity index (χ4n) is 4.55. The topological polar surface area (TPSA) is 140 Å². The maximum absolute atomic E-state index is 12.3. The maximum Gasteiger partial charge on any atom is 0.352 e. The molecule has 0 bridgehead atoms. The van der Waals surface area contributed by atoms with Gasteiger partial charge in [-0.1, -0.05) is 6.92 Å². The Morgan fingerprint density at radius 1 is 1.42 bits per heavy atom. The molecular weight excluding hydrogens is 340 g/mol. The van der Waals surface area contributed by atoms with Crippen molar-refractivity contribution in [1.82, 2.24) is 9.80 Å². The van der Waals surface area contributed by atoms with E-state index in [0.717, 1.165) is 0 Å².